The molecule has 0 aliphatic carbocycles. The zero-order chi connectivity index (χ0) is 21.6. The first kappa shape index (κ1) is 19.3. The van der Waals surface area contributed by atoms with E-state index in [-0.39, 0.29) is 18.2 Å². The van der Waals surface area contributed by atoms with Crippen molar-refractivity contribution in [1.29, 1.82) is 0 Å². The number of amides is 2. The largest absolute Gasteiger partial charge is 0.497 e. The van der Waals surface area contributed by atoms with Crippen LogP contribution in [-0.2, 0) is 21.4 Å². The van der Waals surface area contributed by atoms with Gasteiger partial charge in [-0.2, -0.15) is 0 Å². The van der Waals surface area contributed by atoms with Gasteiger partial charge in [-0.25, -0.2) is 4.63 Å². The molecular formula is C23H22N4O4. The van der Waals surface area contributed by atoms with E-state index < -0.39 is 11.5 Å². The maximum absolute atomic E-state index is 13.4. The van der Waals surface area contributed by atoms with E-state index in [0.717, 1.165) is 16.8 Å². The van der Waals surface area contributed by atoms with Crippen molar-refractivity contribution in [1.82, 2.24) is 15.2 Å². The minimum absolute atomic E-state index is 0.0646. The number of ether oxygens (including phenoxy) is 1. The summed E-state index contributed by atoms with van der Waals surface area (Å²) in [6.07, 6.45) is 0.592. The van der Waals surface area contributed by atoms with Crippen molar-refractivity contribution in [2.24, 2.45) is 0 Å². The smallest absolute Gasteiger partial charge is 0.237 e. The molecule has 2 aliphatic rings. The molecular weight excluding hydrogens is 396 g/mol. The maximum Gasteiger partial charge on any atom is 0.237 e. The fourth-order valence-corrected chi connectivity index (χ4v) is 4.89. The van der Waals surface area contributed by atoms with Gasteiger partial charge in [0.05, 0.1) is 19.6 Å². The average molecular weight is 418 g/mol. The van der Waals surface area contributed by atoms with E-state index >= 15 is 0 Å². The Bertz CT molecular complexity index is 1170. The third-order valence-corrected chi connectivity index (χ3v) is 6.38. The van der Waals surface area contributed by atoms with E-state index in [1.165, 1.54) is 0 Å². The predicted octanol–water partition coefficient (Wildman–Crippen LogP) is 2.79. The number of aryl methyl sites for hydroxylation is 1. The standard InChI is InChI=1S/C23H22N4O4/c1-14-19(26-31-25-14)13-20(28)27-11-10-23(17-8-3-4-9-18(17)24-22(23)29)21(27)15-6-5-7-16(12-15)30-2/h3-9,12,21H,10-11,13H2,1-2H3,(H,24,29)/t21-,23+/m0/s1. The number of carbonyl (C=O) groups excluding carboxylic acids is 2. The number of rotatable bonds is 4. The molecule has 0 radical (unpaired) electrons. The van der Waals surface area contributed by atoms with Gasteiger partial charge in [-0.15, -0.1) is 0 Å². The van der Waals surface area contributed by atoms with E-state index in [4.69, 9.17) is 9.37 Å². The minimum atomic E-state index is -0.865. The van der Waals surface area contributed by atoms with Gasteiger partial charge < -0.3 is 15.0 Å². The maximum atomic E-state index is 13.4. The molecule has 1 aromatic heterocycles. The number of para-hydroxylation sites is 1. The van der Waals surface area contributed by atoms with Crippen molar-refractivity contribution in [2.45, 2.75) is 31.2 Å². The number of hydrogen-bond acceptors (Lipinski definition) is 6. The summed E-state index contributed by atoms with van der Waals surface area (Å²) >= 11 is 0. The van der Waals surface area contributed by atoms with Gasteiger partial charge >= 0.3 is 0 Å². The van der Waals surface area contributed by atoms with Crippen LogP contribution < -0.4 is 10.1 Å². The Kier molecular flexibility index (Phi) is 4.50. The van der Waals surface area contributed by atoms with E-state index in [0.29, 0.717) is 30.1 Å². The fraction of sp³-hybridized carbons (Fsp3) is 0.304. The molecule has 158 valence electrons. The lowest BCUT2D eigenvalue weighted by atomic mass is 9.72. The highest BCUT2D eigenvalue weighted by Crippen LogP contribution is 2.55. The zero-order valence-corrected chi connectivity index (χ0v) is 17.3. The van der Waals surface area contributed by atoms with E-state index in [2.05, 4.69) is 15.6 Å². The number of anilines is 1. The van der Waals surface area contributed by atoms with E-state index in [1.54, 1.807) is 18.9 Å². The molecule has 3 aromatic rings. The second kappa shape index (κ2) is 7.23. The second-order valence-corrected chi connectivity index (χ2v) is 7.96. The number of likely N-dealkylation sites (tertiary alicyclic amines) is 1. The monoisotopic (exact) mass is 418 g/mol. The molecule has 3 heterocycles. The molecule has 31 heavy (non-hydrogen) atoms. The van der Waals surface area contributed by atoms with Crippen LogP contribution in [0.5, 0.6) is 5.75 Å². The molecule has 1 N–H and O–H groups in total. The quantitative estimate of drug-likeness (QED) is 0.700. The van der Waals surface area contributed by atoms with E-state index in [1.807, 2.05) is 48.5 Å². The van der Waals surface area contributed by atoms with Crippen LogP contribution in [0, 0.1) is 6.92 Å². The lowest BCUT2D eigenvalue weighted by Crippen LogP contribution is -2.43. The molecule has 2 amide bonds. The van der Waals surface area contributed by atoms with Crippen LogP contribution in [0.25, 0.3) is 0 Å². The summed E-state index contributed by atoms with van der Waals surface area (Å²) in [5, 5.41) is 10.7. The lowest BCUT2D eigenvalue weighted by Gasteiger charge is -2.34. The molecule has 0 bridgehead atoms. The number of carbonyl (C=O) groups is 2. The van der Waals surface area contributed by atoms with Gasteiger partial charge in [0.2, 0.25) is 11.8 Å². The van der Waals surface area contributed by atoms with Crippen LogP contribution in [0.3, 0.4) is 0 Å². The molecule has 5 rings (SSSR count). The third-order valence-electron chi connectivity index (χ3n) is 6.38. The Hall–Kier alpha value is -3.68. The van der Waals surface area contributed by atoms with Crippen LogP contribution in [0.4, 0.5) is 5.69 Å². The van der Waals surface area contributed by atoms with Crippen molar-refractivity contribution >= 4 is 17.5 Å². The summed E-state index contributed by atoms with van der Waals surface area (Å²) in [6.45, 7) is 2.21. The van der Waals surface area contributed by atoms with E-state index in [9.17, 15) is 9.59 Å². The molecule has 0 unspecified atom stereocenters. The molecule has 2 aromatic carbocycles. The van der Waals surface area contributed by atoms with Crippen molar-refractivity contribution in [2.75, 3.05) is 19.0 Å². The van der Waals surface area contributed by atoms with Crippen LogP contribution in [0.2, 0.25) is 0 Å². The Morgan fingerprint density at radius 1 is 1.26 bits per heavy atom. The number of hydrogen-bond donors (Lipinski definition) is 1. The van der Waals surface area contributed by atoms with Gasteiger partial charge in [0, 0.05) is 12.2 Å². The number of nitrogens with one attached hydrogen (secondary N) is 1. The third kappa shape index (κ3) is 2.90. The Morgan fingerprint density at radius 2 is 2.10 bits per heavy atom. The lowest BCUT2D eigenvalue weighted by molar-refractivity contribution is -0.133. The van der Waals surface area contributed by atoms with Crippen LogP contribution in [0.15, 0.2) is 53.2 Å². The highest BCUT2D eigenvalue weighted by atomic mass is 16.6. The molecule has 2 aliphatic heterocycles. The first-order chi connectivity index (χ1) is 15.0. The molecule has 1 fully saturated rings. The van der Waals surface area contributed by atoms with Gasteiger partial charge in [-0.3, -0.25) is 9.59 Å². The normalized spacial score (nSPS) is 21.9. The highest BCUT2D eigenvalue weighted by Gasteiger charge is 2.59. The molecule has 1 spiro atoms. The van der Waals surface area contributed by atoms with Gasteiger partial charge in [0.1, 0.15) is 22.6 Å². The summed E-state index contributed by atoms with van der Waals surface area (Å²) in [6, 6.07) is 14.8. The van der Waals surface area contributed by atoms with Crippen molar-refractivity contribution in [3.63, 3.8) is 0 Å². The SMILES string of the molecule is COc1cccc([C@@H]2N(C(=O)Cc3nonc3C)CC[C@]23C(=O)Nc2ccccc23)c1. The number of nitrogens with zero attached hydrogens (tertiary/aromatic N) is 3. The molecule has 0 saturated carbocycles. The fourth-order valence-electron chi connectivity index (χ4n) is 4.89. The van der Waals surface area contributed by atoms with Gasteiger partial charge in [0.25, 0.3) is 0 Å². The summed E-state index contributed by atoms with van der Waals surface area (Å²) < 4.78 is 10.2. The first-order valence-corrected chi connectivity index (χ1v) is 10.2. The van der Waals surface area contributed by atoms with Crippen LogP contribution in [-0.4, -0.2) is 40.7 Å². The van der Waals surface area contributed by atoms with Gasteiger partial charge in [-0.1, -0.05) is 40.6 Å². The highest BCUT2D eigenvalue weighted by molar-refractivity contribution is 6.07. The zero-order valence-electron chi connectivity index (χ0n) is 17.3. The Morgan fingerprint density at radius 3 is 2.87 bits per heavy atom. The van der Waals surface area contributed by atoms with Gasteiger partial charge in [0.15, 0.2) is 0 Å². The summed E-state index contributed by atoms with van der Waals surface area (Å²) in [5.74, 6) is 0.465. The summed E-state index contributed by atoms with van der Waals surface area (Å²) in [4.78, 5) is 28.6. The molecule has 1 saturated heterocycles. The van der Waals surface area contributed by atoms with Crippen molar-refractivity contribution in [3.8, 4) is 5.75 Å². The molecule has 8 heteroatoms. The minimum Gasteiger partial charge on any atom is -0.497 e. The van der Waals surface area contributed by atoms with Crippen molar-refractivity contribution < 1.29 is 19.0 Å². The second-order valence-electron chi connectivity index (χ2n) is 7.96. The van der Waals surface area contributed by atoms with Crippen molar-refractivity contribution in [3.05, 3.63) is 71.0 Å². The Balaban J connectivity index is 1.62. The summed E-state index contributed by atoms with van der Waals surface area (Å²) in [5.41, 5.74) is 2.80. The first-order valence-electron chi connectivity index (χ1n) is 10.2. The van der Waals surface area contributed by atoms with Crippen LogP contribution in [0.1, 0.15) is 35.0 Å². The van der Waals surface area contributed by atoms with Gasteiger partial charge in [-0.05, 0) is 42.7 Å². The average Bonchev–Trinajstić information content (AvgIpc) is 3.46. The van der Waals surface area contributed by atoms with Crippen LogP contribution >= 0.6 is 0 Å². The molecule has 8 nitrogen and oxygen atoms in total. The number of benzene rings is 2. The topological polar surface area (TPSA) is 97.6 Å². The number of aromatic nitrogens is 2. The molecule has 2 atom stereocenters. The number of methoxy groups -OCH3 is 1. The summed E-state index contributed by atoms with van der Waals surface area (Å²) in [7, 11) is 1.60. The Labute approximate surface area is 179 Å². The number of fused-ring (bicyclic) bond motifs is 2. The predicted molar refractivity (Wildman–Crippen MR) is 112 cm³/mol.